The van der Waals surface area contributed by atoms with E-state index in [9.17, 15) is 5.11 Å². The van der Waals surface area contributed by atoms with E-state index in [0.717, 1.165) is 24.3 Å². The van der Waals surface area contributed by atoms with Crippen molar-refractivity contribution in [2.45, 2.75) is 45.1 Å². The van der Waals surface area contributed by atoms with Gasteiger partial charge in [0.2, 0.25) is 0 Å². The summed E-state index contributed by atoms with van der Waals surface area (Å²) in [4.78, 5) is 4.10. The Morgan fingerprint density at radius 3 is 2.72 bits per heavy atom. The standard InChI is InChI=1S/C15H24N2O/c1-2-12-5-7-15(11-16,8-6-12)14(18)13-4-3-9-17-10-13/h3-4,9-10,12,14,18H,2,5-8,11,16H2,1H3. The van der Waals surface area contributed by atoms with Gasteiger partial charge < -0.3 is 10.8 Å². The van der Waals surface area contributed by atoms with Crippen LogP contribution in [-0.4, -0.2) is 16.6 Å². The maximum Gasteiger partial charge on any atom is 0.0873 e. The summed E-state index contributed by atoms with van der Waals surface area (Å²) in [6, 6.07) is 3.82. The van der Waals surface area contributed by atoms with Crippen LogP contribution < -0.4 is 5.73 Å². The fourth-order valence-corrected chi connectivity index (χ4v) is 3.14. The molecule has 18 heavy (non-hydrogen) atoms. The molecule has 1 unspecified atom stereocenters. The molecule has 0 bridgehead atoms. The lowest BCUT2D eigenvalue weighted by atomic mass is 9.65. The molecule has 2 rings (SSSR count). The van der Waals surface area contributed by atoms with Gasteiger partial charge in [-0.1, -0.05) is 19.4 Å². The van der Waals surface area contributed by atoms with Crippen LogP contribution in [0.5, 0.6) is 0 Å². The molecule has 1 saturated carbocycles. The third-order valence-corrected chi connectivity index (χ3v) is 4.67. The number of nitrogens with two attached hydrogens (primary N) is 1. The Bertz CT molecular complexity index is 358. The molecule has 1 fully saturated rings. The highest BCUT2D eigenvalue weighted by Crippen LogP contribution is 2.47. The average molecular weight is 248 g/mol. The second kappa shape index (κ2) is 5.81. The van der Waals surface area contributed by atoms with Crippen LogP contribution >= 0.6 is 0 Å². The van der Waals surface area contributed by atoms with Crippen LogP contribution in [0.4, 0.5) is 0 Å². The molecule has 0 aliphatic heterocycles. The highest BCUT2D eigenvalue weighted by atomic mass is 16.3. The summed E-state index contributed by atoms with van der Waals surface area (Å²) < 4.78 is 0. The molecule has 0 aromatic carbocycles. The van der Waals surface area contributed by atoms with Crippen LogP contribution in [0, 0.1) is 11.3 Å². The first-order chi connectivity index (χ1) is 8.72. The van der Waals surface area contributed by atoms with E-state index in [1.54, 1.807) is 12.4 Å². The van der Waals surface area contributed by atoms with Gasteiger partial charge in [-0.3, -0.25) is 4.98 Å². The normalized spacial score (nSPS) is 30.1. The third-order valence-electron chi connectivity index (χ3n) is 4.67. The molecule has 3 nitrogen and oxygen atoms in total. The second-order valence-electron chi connectivity index (χ2n) is 5.61. The zero-order chi connectivity index (χ0) is 13.0. The summed E-state index contributed by atoms with van der Waals surface area (Å²) in [5, 5.41) is 10.6. The molecule has 1 heterocycles. The summed E-state index contributed by atoms with van der Waals surface area (Å²) in [6.45, 7) is 2.80. The van der Waals surface area contributed by atoms with Crippen LogP contribution in [-0.2, 0) is 0 Å². The molecule has 0 radical (unpaired) electrons. The molecule has 1 aromatic rings. The van der Waals surface area contributed by atoms with Gasteiger partial charge in [0.25, 0.3) is 0 Å². The zero-order valence-corrected chi connectivity index (χ0v) is 11.2. The molecule has 0 amide bonds. The molecular weight excluding hydrogens is 224 g/mol. The SMILES string of the molecule is CCC1CCC(CN)(C(O)c2cccnc2)CC1. The highest BCUT2D eigenvalue weighted by molar-refractivity contribution is 5.16. The van der Waals surface area contributed by atoms with Gasteiger partial charge in [-0.25, -0.2) is 0 Å². The molecule has 1 aliphatic carbocycles. The Morgan fingerprint density at radius 2 is 2.22 bits per heavy atom. The topological polar surface area (TPSA) is 59.1 Å². The smallest absolute Gasteiger partial charge is 0.0873 e. The summed E-state index contributed by atoms with van der Waals surface area (Å²) in [5.41, 5.74) is 6.74. The predicted octanol–water partition coefficient (Wildman–Crippen LogP) is 2.66. The van der Waals surface area contributed by atoms with E-state index in [0.29, 0.717) is 6.54 Å². The average Bonchev–Trinajstić information content (AvgIpc) is 2.47. The van der Waals surface area contributed by atoms with Crippen molar-refractivity contribution < 1.29 is 5.11 Å². The Hall–Kier alpha value is -0.930. The molecule has 100 valence electrons. The van der Waals surface area contributed by atoms with Crippen LogP contribution in [0.25, 0.3) is 0 Å². The molecule has 0 spiro atoms. The van der Waals surface area contributed by atoms with Gasteiger partial charge in [-0.15, -0.1) is 0 Å². The van der Waals surface area contributed by atoms with E-state index >= 15 is 0 Å². The van der Waals surface area contributed by atoms with Crippen LogP contribution in [0.15, 0.2) is 24.5 Å². The molecule has 1 atom stereocenters. The van der Waals surface area contributed by atoms with Gasteiger partial charge in [0.05, 0.1) is 6.10 Å². The Kier molecular flexibility index (Phi) is 4.36. The van der Waals surface area contributed by atoms with Gasteiger partial charge in [0.15, 0.2) is 0 Å². The van der Waals surface area contributed by atoms with E-state index in [2.05, 4.69) is 11.9 Å². The van der Waals surface area contributed by atoms with Crippen molar-refractivity contribution in [3.05, 3.63) is 30.1 Å². The minimum Gasteiger partial charge on any atom is -0.388 e. The van der Waals surface area contributed by atoms with Gasteiger partial charge in [0, 0.05) is 24.4 Å². The van der Waals surface area contributed by atoms with Crippen molar-refractivity contribution in [1.29, 1.82) is 0 Å². The third kappa shape index (κ3) is 2.57. The van der Waals surface area contributed by atoms with E-state index in [1.807, 2.05) is 12.1 Å². The number of aliphatic hydroxyl groups excluding tert-OH is 1. The molecule has 1 aromatic heterocycles. The number of hydrogen-bond acceptors (Lipinski definition) is 3. The fourth-order valence-electron chi connectivity index (χ4n) is 3.14. The minimum absolute atomic E-state index is 0.144. The maximum atomic E-state index is 10.6. The van der Waals surface area contributed by atoms with Crippen molar-refractivity contribution in [2.24, 2.45) is 17.1 Å². The Morgan fingerprint density at radius 1 is 1.50 bits per heavy atom. The van der Waals surface area contributed by atoms with Crippen molar-refractivity contribution in [3.63, 3.8) is 0 Å². The molecule has 3 heteroatoms. The van der Waals surface area contributed by atoms with E-state index in [4.69, 9.17) is 5.73 Å². The van der Waals surface area contributed by atoms with E-state index < -0.39 is 6.10 Å². The summed E-state index contributed by atoms with van der Waals surface area (Å²) in [5.74, 6) is 0.811. The van der Waals surface area contributed by atoms with Gasteiger partial charge in [-0.2, -0.15) is 0 Å². The van der Waals surface area contributed by atoms with Crippen molar-refractivity contribution >= 4 is 0 Å². The largest absolute Gasteiger partial charge is 0.388 e. The number of nitrogens with zero attached hydrogens (tertiary/aromatic N) is 1. The number of aromatic nitrogens is 1. The van der Waals surface area contributed by atoms with Crippen molar-refractivity contribution in [1.82, 2.24) is 4.98 Å². The number of aliphatic hydroxyl groups is 1. The first kappa shape index (κ1) is 13.5. The lowest BCUT2D eigenvalue weighted by molar-refractivity contribution is -0.0105. The van der Waals surface area contributed by atoms with Crippen molar-refractivity contribution in [3.8, 4) is 0 Å². The number of rotatable bonds is 4. The van der Waals surface area contributed by atoms with Crippen LogP contribution in [0.1, 0.15) is 50.7 Å². The summed E-state index contributed by atoms with van der Waals surface area (Å²) >= 11 is 0. The fraction of sp³-hybridized carbons (Fsp3) is 0.667. The number of pyridine rings is 1. The maximum absolute atomic E-state index is 10.6. The molecule has 1 aliphatic rings. The van der Waals surface area contributed by atoms with Crippen molar-refractivity contribution in [2.75, 3.05) is 6.54 Å². The Balaban J connectivity index is 2.13. The highest BCUT2D eigenvalue weighted by Gasteiger charge is 2.40. The Labute approximate surface area is 109 Å². The zero-order valence-electron chi connectivity index (χ0n) is 11.2. The molecule has 3 N–H and O–H groups in total. The lowest BCUT2D eigenvalue weighted by Crippen LogP contribution is -2.40. The van der Waals surface area contributed by atoms with Gasteiger partial charge in [-0.05, 0) is 43.2 Å². The van der Waals surface area contributed by atoms with Gasteiger partial charge >= 0.3 is 0 Å². The summed E-state index contributed by atoms with van der Waals surface area (Å²) in [6.07, 6.45) is 8.68. The second-order valence-corrected chi connectivity index (χ2v) is 5.61. The molecular formula is C15H24N2O. The minimum atomic E-state index is -0.478. The first-order valence-corrected chi connectivity index (χ1v) is 7.00. The van der Waals surface area contributed by atoms with E-state index in [1.165, 1.54) is 19.3 Å². The van der Waals surface area contributed by atoms with Crippen LogP contribution in [0.2, 0.25) is 0 Å². The monoisotopic (exact) mass is 248 g/mol. The first-order valence-electron chi connectivity index (χ1n) is 7.00. The quantitative estimate of drug-likeness (QED) is 0.861. The number of hydrogen-bond donors (Lipinski definition) is 2. The molecule has 0 saturated heterocycles. The summed E-state index contributed by atoms with van der Waals surface area (Å²) in [7, 11) is 0. The lowest BCUT2D eigenvalue weighted by Gasteiger charge is -2.42. The predicted molar refractivity (Wildman–Crippen MR) is 72.9 cm³/mol. The van der Waals surface area contributed by atoms with Gasteiger partial charge in [0.1, 0.15) is 0 Å². The van der Waals surface area contributed by atoms with E-state index in [-0.39, 0.29) is 5.41 Å². The van der Waals surface area contributed by atoms with Crippen LogP contribution in [0.3, 0.4) is 0 Å².